The van der Waals surface area contributed by atoms with Gasteiger partial charge in [-0.2, -0.15) is 10.1 Å². The number of hydrogen-bond acceptors (Lipinski definition) is 4. The Kier molecular flexibility index (Phi) is 3.25. The third-order valence-electron chi connectivity index (χ3n) is 1.82. The van der Waals surface area contributed by atoms with Crippen LogP contribution in [0.4, 0.5) is 5.95 Å². The number of rotatable bonds is 4. The van der Waals surface area contributed by atoms with E-state index >= 15 is 0 Å². The zero-order chi connectivity index (χ0) is 9.84. The minimum Gasteiger partial charge on any atom is -0.368 e. The molecule has 0 aromatic carbocycles. The predicted octanol–water partition coefficient (Wildman–Crippen LogP) is -0.0157. The summed E-state index contributed by atoms with van der Waals surface area (Å²) in [6.45, 7) is 3.74. The lowest BCUT2D eigenvalue weighted by Gasteiger charge is -2.08. The van der Waals surface area contributed by atoms with Gasteiger partial charge in [-0.25, -0.2) is 4.68 Å². The van der Waals surface area contributed by atoms with Gasteiger partial charge in [-0.15, -0.1) is 0 Å². The van der Waals surface area contributed by atoms with Gasteiger partial charge in [0.25, 0.3) is 0 Å². The first-order valence-electron chi connectivity index (χ1n) is 4.47. The lowest BCUT2D eigenvalue weighted by Crippen LogP contribution is -2.20. The van der Waals surface area contributed by atoms with Gasteiger partial charge < -0.3 is 10.6 Å². The molecule has 0 aliphatic carbocycles. The maximum atomic E-state index is 5.67. The summed E-state index contributed by atoms with van der Waals surface area (Å²) in [5.41, 5.74) is 5.67. The van der Waals surface area contributed by atoms with Crippen LogP contribution in [-0.2, 0) is 13.0 Å². The van der Waals surface area contributed by atoms with Crippen LogP contribution in [0.3, 0.4) is 0 Å². The number of nitrogens with two attached hydrogens (primary N) is 1. The smallest absolute Gasteiger partial charge is 0.218 e. The molecule has 1 aromatic heterocycles. The number of likely N-dealkylation sites (N-methyl/N-ethyl adjacent to an activating group) is 1. The van der Waals surface area contributed by atoms with Crippen LogP contribution in [0.15, 0.2) is 0 Å². The molecule has 0 spiro atoms. The van der Waals surface area contributed by atoms with Gasteiger partial charge >= 0.3 is 0 Å². The maximum Gasteiger partial charge on any atom is 0.218 e. The monoisotopic (exact) mass is 183 g/mol. The molecule has 0 bridgehead atoms. The van der Waals surface area contributed by atoms with Crippen molar-refractivity contribution in [2.45, 2.75) is 19.9 Å². The van der Waals surface area contributed by atoms with Crippen LogP contribution < -0.4 is 5.73 Å². The van der Waals surface area contributed by atoms with E-state index in [4.69, 9.17) is 5.73 Å². The van der Waals surface area contributed by atoms with E-state index in [1.54, 1.807) is 4.68 Å². The average molecular weight is 183 g/mol. The maximum absolute atomic E-state index is 5.67. The Morgan fingerprint density at radius 1 is 1.46 bits per heavy atom. The molecule has 2 N–H and O–H groups in total. The van der Waals surface area contributed by atoms with Crippen LogP contribution in [0, 0.1) is 0 Å². The van der Waals surface area contributed by atoms with E-state index in [0.29, 0.717) is 5.95 Å². The molecule has 0 atom stereocenters. The van der Waals surface area contributed by atoms with Gasteiger partial charge in [0.2, 0.25) is 5.95 Å². The molecule has 1 aromatic rings. The molecule has 1 rings (SSSR count). The van der Waals surface area contributed by atoms with E-state index in [1.807, 2.05) is 21.0 Å². The molecule has 5 nitrogen and oxygen atoms in total. The number of anilines is 1. The number of aryl methyl sites for hydroxylation is 1. The van der Waals surface area contributed by atoms with Crippen LogP contribution in [0.1, 0.15) is 12.7 Å². The number of aromatic nitrogens is 3. The fraction of sp³-hybridized carbons (Fsp3) is 0.750. The van der Waals surface area contributed by atoms with Gasteiger partial charge in [0, 0.05) is 13.0 Å². The Bertz CT molecular complexity index is 265. The highest BCUT2D eigenvalue weighted by molar-refractivity contribution is 5.15. The Balaban J connectivity index is 2.60. The van der Waals surface area contributed by atoms with Crippen LogP contribution in [0.25, 0.3) is 0 Å². The van der Waals surface area contributed by atoms with Gasteiger partial charge in [0.1, 0.15) is 0 Å². The summed E-state index contributed by atoms with van der Waals surface area (Å²) in [6, 6.07) is 0. The molecule has 13 heavy (non-hydrogen) atoms. The van der Waals surface area contributed by atoms with E-state index in [2.05, 4.69) is 15.0 Å². The van der Waals surface area contributed by atoms with Crippen molar-refractivity contribution in [1.29, 1.82) is 0 Å². The minimum atomic E-state index is 0.513. The van der Waals surface area contributed by atoms with Crippen LogP contribution in [0.5, 0.6) is 0 Å². The van der Waals surface area contributed by atoms with Gasteiger partial charge in [-0.3, -0.25) is 0 Å². The van der Waals surface area contributed by atoms with Crippen LogP contribution >= 0.6 is 0 Å². The summed E-state index contributed by atoms with van der Waals surface area (Å²) < 4.78 is 1.75. The summed E-state index contributed by atoms with van der Waals surface area (Å²) in [4.78, 5) is 6.21. The van der Waals surface area contributed by atoms with Crippen LogP contribution in [0.2, 0.25) is 0 Å². The second kappa shape index (κ2) is 4.23. The Morgan fingerprint density at radius 3 is 2.62 bits per heavy atom. The molecular formula is C8H17N5. The molecular weight excluding hydrogens is 166 g/mol. The van der Waals surface area contributed by atoms with E-state index in [0.717, 1.165) is 25.3 Å². The number of nitrogen functional groups attached to an aromatic ring is 1. The lowest BCUT2D eigenvalue weighted by atomic mass is 10.5. The van der Waals surface area contributed by atoms with Crippen molar-refractivity contribution in [2.75, 3.05) is 26.4 Å². The summed E-state index contributed by atoms with van der Waals surface area (Å²) in [7, 11) is 4.04. The fourth-order valence-corrected chi connectivity index (χ4v) is 1.01. The van der Waals surface area contributed by atoms with Crippen molar-refractivity contribution >= 4 is 5.95 Å². The molecule has 0 amide bonds. The molecule has 5 heteroatoms. The largest absolute Gasteiger partial charge is 0.368 e. The highest BCUT2D eigenvalue weighted by Gasteiger charge is 2.04. The van der Waals surface area contributed by atoms with Gasteiger partial charge in [0.15, 0.2) is 5.82 Å². The van der Waals surface area contributed by atoms with Crippen molar-refractivity contribution in [3.8, 4) is 0 Å². The third kappa shape index (κ3) is 2.69. The fourth-order valence-electron chi connectivity index (χ4n) is 1.01. The van der Waals surface area contributed by atoms with Gasteiger partial charge in [-0.1, -0.05) is 6.92 Å². The topological polar surface area (TPSA) is 60.0 Å². The molecule has 0 saturated carbocycles. The molecule has 74 valence electrons. The third-order valence-corrected chi connectivity index (χ3v) is 1.82. The Labute approximate surface area is 78.5 Å². The van der Waals surface area contributed by atoms with E-state index in [-0.39, 0.29) is 0 Å². The average Bonchev–Trinajstić information content (AvgIpc) is 2.43. The highest BCUT2D eigenvalue weighted by atomic mass is 15.4. The van der Waals surface area contributed by atoms with Crippen molar-refractivity contribution in [3.05, 3.63) is 5.82 Å². The molecule has 0 fully saturated rings. The zero-order valence-electron chi connectivity index (χ0n) is 8.49. The normalized spacial score (nSPS) is 11.1. The van der Waals surface area contributed by atoms with E-state index < -0.39 is 0 Å². The Hall–Kier alpha value is -1.10. The summed E-state index contributed by atoms with van der Waals surface area (Å²) in [5.74, 6) is 1.33. The summed E-state index contributed by atoms with van der Waals surface area (Å²) in [6.07, 6.45) is 0.833. The second-order valence-electron chi connectivity index (χ2n) is 3.27. The summed E-state index contributed by atoms with van der Waals surface area (Å²) in [5, 5.41) is 4.25. The summed E-state index contributed by atoms with van der Waals surface area (Å²) >= 11 is 0. The SMILES string of the molecule is CCc1nc(N)n(CCN(C)C)n1. The van der Waals surface area contributed by atoms with E-state index in [9.17, 15) is 0 Å². The number of hydrogen-bond donors (Lipinski definition) is 1. The van der Waals surface area contributed by atoms with Crippen molar-refractivity contribution in [2.24, 2.45) is 0 Å². The van der Waals surface area contributed by atoms with Crippen molar-refractivity contribution in [3.63, 3.8) is 0 Å². The predicted molar refractivity (Wildman–Crippen MR) is 52.4 cm³/mol. The lowest BCUT2D eigenvalue weighted by molar-refractivity contribution is 0.374. The Morgan fingerprint density at radius 2 is 2.15 bits per heavy atom. The quantitative estimate of drug-likeness (QED) is 0.713. The van der Waals surface area contributed by atoms with E-state index in [1.165, 1.54) is 0 Å². The molecule has 1 heterocycles. The van der Waals surface area contributed by atoms with Crippen molar-refractivity contribution < 1.29 is 0 Å². The van der Waals surface area contributed by atoms with Gasteiger partial charge in [-0.05, 0) is 14.1 Å². The molecule has 0 unspecified atom stereocenters. The first-order chi connectivity index (χ1) is 6.13. The highest BCUT2D eigenvalue weighted by Crippen LogP contribution is 2.00. The molecule has 0 radical (unpaired) electrons. The minimum absolute atomic E-state index is 0.513. The van der Waals surface area contributed by atoms with Crippen LogP contribution in [-0.4, -0.2) is 40.3 Å². The first kappa shape index (κ1) is 9.98. The molecule has 0 aliphatic heterocycles. The number of nitrogens with zero attached hydrogens (tertiary/aromatic N) is 4. The molecule has 0 aliphatic rings. The van der Waals surface area contributed by atoms with Crippen molar-refractivity contribution in [1.82, 2.24) is 19.7 Å². The zero-order valence-corrected chi connectivity index (χ0v) is 8.49. The first-order valence-corrected chi connectivity index (χ1v) is 4.47. The van der Waals surface area contributed by atoms with Gasteiger partial charge in [0.05, 0.1) is 6.54 Å². The molecule has 0 saturated heterocycles. The second-order valence-corrected chi connectivity index (χ2v) is 3.27. The standard InChI is InChI=1S/C8H17N5/c1-4-7-10-8(9)13(11-7)6-5-12(2)3/h4-6H2,1-3H3,(H2,9,10,11).